The van der Waals surface area contributed by atoms with Gasteiger partial charge in [0.15, 0.2) is 0 Å². The maximum atomic E-state index is 13.2. The van der Waals surface area contributed by atoms with Gasteiger partial charge >= 0.3 is 6.09 Å². The van der Waals surface area contributed by atoms with Crippen LogP contribution in [0.15, 0.2) is 60.7 Å². The van der Waals surface area contributed by atoms with Crippen LogP contribution in [-0.4, -0.2) is 40.4 Å². The molecule has 1 N–H and O–H groups in total. The summed E-state index contributed by atoms with van der Waals surface area (Å²) in [4.78, 5) is 15.1. The molecule has 0 saturated carbocycles. The first kappa shape index (κ1) is 19.4. The molecule has 1 amide bonds. The average Bonchev–Trinajstić information content (AvgIpc) is 3.05. The zero-order valence-corrected chi connectivity index (χ0v) is 17.5. The summed E-state index contributed by atoms with van der Waals surface area (Å²) in [5.74, 6) is 0.0749. The number of nitrogens with zero attached hydrogens (tertiary/aromatic N) is 1. The first-order valence-corrected chi connectivity index (χ1v) is 11.1. The van der Waals surface area contributed by atoms with E-state index in [2.05, 4.69) is 48.5 Å². The van der Waals surface area contributed by atoms with E-state index in [0.29, 0.717) is 19.4 Å². The molecule has 4 nitrogen and oxygen atoms in total. The molecule has 5 rings (SSSR count). The maximum absolute atomic E-state index is 13.2. The molecular weight excluding hydrogens is 374 g/mol. The topological polar surface area (TPSA) is 49.8 Å². The van der Waals surface area contributed by atoms with E-state index in [-0.39, 0.29) is 24.1 Å². The second-order valence-electron chi connectivity index (χ2n) is 8.96. The van der Waals surface area contributed by atoms with Crippen LogP contribution in [0.4, 0.5) is 4.79 Å². The van der Waals surface area contributed by atoms with Gasteiger partial charge in [-0.3, -0.25) is 0 Å². The number of allylic oxidation sites excluding steroid dienone is 1. The number of aliphatic hydroxyl groups is 1. The van der Waals surface area contributed by atoms with Crippen molar-refractivity contribution in [3.8, 4) is 11.1 Å². The van der Waals surface area contributed by atoms with Gasteiger partial charge < -0.3 is 14.7 Å². The quantitative estimate of drug-likeness (QED) is 0.711. The fraction of sp³-hybridized carbons (Fsp3) is 0.423. The van der Waals surface area contributed by atoms with Gasteiger partial charge in [-0.2, -0.15) is 0 Å². The highest BCUT2D eigenvalue weighted by atomic mass is 16.6. The van der Waals surface area contributed by atoms with E-state index in [1.807, 2.05) is 24.0 Å². The van der Waals surface area contributed by atoms with E-state index < -0.39 is 5.60 Å². The molecule has 30 heavy (non-hydrogen) atoms. The molecule has 2 heterocycles. The Hall–Kier alpha value is -2.59. The maximum Gasteiger partial charge on any atom is 0.410 e. The van der Waals surface area contributed by atoms with Crippen molar-refractivity contribution in [2.75, 3.05) is 6.61 Å². The van der Waals surface area contributed by atoms with Gasteiger partial charge in [-0.1, -0.05) is 60.7 Å². The minimum Gasteiger partial charge on any atom is -0.448 e. The molecule has 0 aromatic heterocycles. The number of carbonyl (C=O) groups is 1. The molecule has 2 fully saturated rings. The molecule has 2 aliphatic heterocycles. The van der Waals surface area contributed by atoms with Crippen molar-refractivity contribution in [2.45, 2.75) is 62.6 Å². The molecule has 2 aromatic rings. The van der Waals surface area contributed by atoms with E-state index in [4.69, 9.17) is 4.74 Å². The molecule has 2 unspecified atom stereocenters. The highest BCUT2D eigenvalue weighted by Crippen LogP contribution is 2.45. The lowest BCUT2D eigenvalue weighted by Crippen LogP contribution is -2.59. The predicted octanol–water partition coefficient (Wildman–Crippen LogP) is 5.26. The standard InChI is InChI=1S/C26H29NO3/c1-2-14-26(29)15-18-8-7-9-19(16-26)27(18)25(28)30-17-24-22-12-5-3-10-20(22)21-11-4-6-13-23(21)24/h2-6,10-14,18-19,24,29H,7-9,15-17H2,1H3/b14-2-. The molecule has 0 radical (unpaired) electrons. The second-order valence-corrected chi connectivity index (χ2v) is 8.96. The molecule has 2 aromatic carbocycles. The lowest BCUT2D eigenvalue weighted by atomic mass is 9.75. The fourth-order valence-electron chi connectivity index (χ4n) is 5.88. The highest BCUT2D eigenvalue weighted by Gasteiger charge is 2.47. The van der Waals surface area contributed by atoms with Gasteiger partial charge in [0, 0.05) is 30.8 Å². The number of benzene rings is 2. The summed E-state index contributed by atoms with van der Waals surface area (Å²) in [5, 5.41) is 10.9. The number of amides is 1. The summed E-state index contributed by atoms with van der Waals surface area (Å²) in [7, 11) is 0. The third-order valence-corrected chi connectivity index (χ3v) is 7.06. The van der Waals surface area contributed by atoms with Crippen LogP contribution < -0.4 is 0 Å². The van der Waals surface area contributed by atoms with Gasteiger partial charge in [-0.25, -0.2) is 4.79 Å². The summed E-state index contributed by atoms with van der Waals surface area (Å²) in [5.41, 5.74) is 4.13. The number of piperidine rings is 2. The van der Waals surface area contributed by atoms with Crippen molar-refractivity contribution in [1.82, 2.24) is 4.90 Å². The number of carbonyl (C=O) groups excluding carboxylic acids is 1. The zero-order chi connectivity index (χ0) is 20.7. The first-order chi connectivity index (χ1) is 14.6. The summed E-state index contributed by atoms with van der Waals surface area (Å²) in [6.07, 6.45) is 7.74. The highest BCUT2D eigenvalue weighted by molar-refractivity contribution is 5.79. The molecule has 156 valence electrons. The predicted molar refractivity (Wildman–Crippen MR) is 117 cm³/mol. The van der Waals surface area contributed by atoms with Crippen LogP contribution in [0.1, 0.15) is 56.1 Å². The van der Waals surface area contributed by atoms with E-state index in [0.717, 1.165) is 19.3 Å². The molecule has 2 atom stereocenters. The molecule has 3 aliphatic rings. The van der Waals surface area contributed by atoms with Gasteiger partial charge in [0.25, 0.3) is 0 Å². The Morgan fingerprint density at radius 2 is 1.63 bits per heavy atom. The van der Waals surface area contributed by atoms with Crippen molar-refractivity contribution in [3.63, 3.8) is 0 Å². The summed E-state index contributed by atoms with van der Waals surface area (Å²) < 4.78 is 5.93. The summed E-state index contributed by atoms with van der Waals surface area (Å²) in [6.45, 7) is 2.29. The van der Waals surface area contributed by atoms with Crippen LogP contribution >= 0.6 is 0 Å². The van der Waals surface area contributed by atoms with Gasteiger partial charge in [0.05, 0.1) is 5.60 Å². The Labute approximate surface area is 178 Å². The molecule has 4 heteroatoms. The largest absolute Gasteiger partial charge is 0.448 e. The van der Waals surface area contributed by atoms with Crippen LogP contribution in [0.5, 0.6) is 0 Å². The summed E-state index contributed by atoms with van der Waals surface area (Å²) in [6, 6.07) is 16.9. The number of hydrogen-bond donors (Lipinski definition) is 1. The number of fused-ring (bicyclic) bond motifs is 5. The molecule has 0 spiro atoms. The zero-order valence-electron chi connectivity index (χ0n) is 17.5. The molecule has 2 bridgehead atoms. The van der Waals surface area contributed by atoms with Crippen molar-refractivity contribution in [2.24, 2.45) is 0 Å². The Morgan fingerprint density at radius 3 is 2.20 bits per heavy atom. The Morgan fingerprint density at radius 1 is 1.07 bits per heavy atom. The van der Waals surface area contributed by atoms with E-state index in [1.54, 1.807) is 0 Å². The number of rotatable bonds is 3. The third-order valence-electron chi connectivity index (χ3n) is 7.06. The van der Waals surface area contributed by atoms with Gasteiger partial charge in [0.2, 0.25) is 0 Å². The normalized spacial score (nSPS) is 27.7. The average molecular weight is 404 g/mol. The van der Waals surface area contributed by atoms with Gasteiger partial charge in [-0.15, -0.1) is 0 Å². The second kappa shape index (κ2) is 7.59. The fourth-order valence-corrected chi connectivity index (χ4v) is 5.88. The van der Waals surface area contributed by atoms with E-state index >= 15 is 0 Å². The lowest BCUT2D eigenvalue weighted by Gasteiger charge is -2.50. The number of ether oxygens (including phenoxy) is 1. The smallest absolute Gasteiger partial charge is 0.410 e. The van der Waals surface area contributed by atoms with E-state index in [1.165, 1.54) is 22.3 Å². The molecule has 2 saturated heterocycles. The number of hydrogen-bond acceptors (Lipinski definition) is 3. The van der Waals surface area contributed by atoms with E-state index in [9.17, 15) is 9.90 Å². The van der Waals surface area contributed by atoms with Crippen LogP contribution in [-0.2, 0) is 4.74 Å². The van der Waals surface area contributed by atoms with Crippen molar-refractivity contribution in [1.29, 1.82) is 0 Å². The Kier molecular flexibility index (Phi) is 4.90. The molecule has 1 aliphatic carbocycles. The SMILES string of the molecule is C/C=C\C1(O)CC2CCCC(C1)N2C(=O)OCC1c2ccccc2-c2ccccc21. The van der Waals surface area contributed by atoms with Crippen LogP contribution in [0.2, 0.25) is 0 Å². The molecular formula is C26H29NO3. The van der Waals surface area contributed by atoms with Crippen LogP contribution in [0.25, 0.3) is 11.1 Å². The minimum absolute atomic E-state index is 0.0503. The first-order valence-electron chi connectivity index (χ1n) is 11.1. The van der Waals surface area contributed by atoms with Crippen molar-refractivity contribution >= 4 is 6.09 Å². The summed E-state index contributed by atoms with van der Waals surface area (Å²) >= 11 is 0. The van der Waals surface area contributed by atoms with Crippen molar-refractivity contribution < 1.29 is 14.6 Å². The lowest BCUT2D eigenvalue weighted by molar-refractivity contribution is -0.0591. The Balaban J connectivity index is 1.34. The monoisotopic (exact) mass is 403 g/mol. The van der Waals surface area contributed by atoms with Crippen molar-refractivity contribution in [3.05, 3.63) is 71.8 Å². The van der Waals surface area contributed by atoms with Crippen LogP contribution in [0, 0.1) is 0 Å². The minimum atomic E-state index is -0.801. The van der Waals surface area contributed by atoms with Crippen LogP contribution in [0.3, 0.4) is 0 Å². The van der Waals surface area contributed by atoms with Gasteiger partial charge in [0.1, 0.15) is 6.61 Å². The third kappa shape index (κ3) is 3.24. The Bertz CT molecular complexity index is 922. The van der Waals surface area contributed by atoms with Gasteiger partial charge in [-0.05, 0) is 48.4 Å².